The van der Waals surface area contributed by atoms with Crippen LogP contribution < -0.4 is 10.7 Å². The van der Waals surface area contributed by atoms with Crippen molar-refractivity contribution in [1.29, 1.82) is 0 Å². The highest BCUT2D eigenvalue weighted by Gasteiger charge is 2.24. The number of hydrogen-bond acceptors (Lipinski definition) is 2. The molecular weight excluding hydrogens is 188 g/mol. The van der Waals surface area contributed by atoms with Crippen molar-refractivity contribution in [3.05, 3.63) is 33.9 Å². The van der Waals surface area contributed by atoms with Gasteiger partial charge in [0.25, 0.3) is 0 Å². The summed E-state index contributed by atoms with van der Waals surface area (Å²) in [5.41, 5.74) is -0.826. The fraction of sp³-hybridized carbons (Fsp3) is 0.333. The molecule has 0 saturated heterocycles. The maximum atomic E-state index is 10.8. The molecule has 13 heavy (non-hydrogen) atoms. The van der Waals surface area contributed by atoms with E-state index < -0.39 is 5.66 Å². The second-order valence-electron chi connectivity index (χ2n) is 3.22. The number of hydrogen-bond donors (Lipinski definition) is 0. The molecule has 0 fully saturated rings. The highest BCUT2D eigenvalue weighted by molar-refractivity contribution is 6.30. The first-order valence-electron chi connectivity index (χ1n) is 3.96. The molecule has 0 bridgehead atoms. The normalized spacial score (nSPS) is 24.8. The van der Waals surface area contributed by atoms with Crippen LogP contribution in [0.15, 0.2) is 28.2 Å². The second kappa shape index (κ2) is 2.79. The van der Waals surface area contributed by atoms with Gasteiger partial charge in [0, 0.05) is 5.02 Å². The first-order chi connectivity index (χ1) is 6.13. The molecule has 67 valence electrons. The number of benzene rings is 1. The van der Waals surface area contributed by atoms with Crippen molar-refractivity contribution in [2.24, 2.45) is 9.98 Å². The molecule has 0 N–H and O–H groups in total. The molecule has 1 aromatic carbocycles. The minimum absolute atomic E-state index is 0.334. The van der Waals surface area contributed by atoms with Gasteiger partial charge in [-0.3, -0.25) is 9.98 Å². The molecule has 0 amide bonds. The third-order valence-corrected chi connectivity index (χ3v) is 2.17. The Kier molecular flexibility index (Phi) is 1.86. The summed E-state index contributed by atoms with van der Waals surface area (Å²) in [6.45, 7) is 1.38. The van der Waals surface area contributed by atoms with E-state index in [9.17, 15) is 5.11 Å². The lowest BCUT2D eigenvalue weighted by molar-refractivity contribution is 0.136. The molecule has 1 aliphatic heterocycles. The van der Waals surface area contributed by atoms with Crippen molar-refractivity contribution < 1.29 is 5.11 Å². The average Bonchev–Trinajstić information content (AvgIpc) is 2.42. The Morgan fingerprint density at radius 3 is 2.77 bits per heavy atom. The van der Waals surface area contributed by atoms with E-state index in [2.05, 4.69) is 9.98 Å². The predicted molar refractivity (Wildman–Crippen MR) is 47.7 cm³/mol. The summed E-state index contributed by atoms with van der Waals surface area (Å²) in [4.78, 5) is 8.40. The molecule has 2 rings (SSSR count). The minimum atomic E-state index is -0.826. The van der Waals surface area contributed by atoms with Crippen LogP contribution in [0.3, 0.4) is 0 Å². The lowest BCUT2D eigenvalue weighted by Crippen LogP contribution is -2.21. The van der Waals surface area contributed by atoms with Crippen molar-refractivity contribution in [3.63, 3.8) is 0 Å². The van der Waals surface area contributed by atoms with E-state index in [1.807, 2.05) is 0 Å². The number of rotatable bonds is 1. The molecule has 4 heteroatoms. The van der Waals surface area contributed by atoms with Crippen molar-refractivity contribution in [2.45, 2.75) is 12.6 Å². The van der Waals surface area contributed by atoms with Crippen LogP contribution in [0.5, 0.6) is 0 Å². The van der Waals surface area contributed by atoms with Crippen LogP contribution in [-0.2, 0) is 5.11 Å². The maximum absolute atomic E-state index is 10.8. The first kappa shape index (κ1) is 8.66. The van der Waals surface area contributed by atoms with E-state index in [0.717, 1.165) is 5.36 Å². The van der Waals surface area contributed by atoms with E-state index in [1.165, 1.54) is 0 Å². The van der Waals surface area contributed by atoms with Crippen molar-refractivity contribution in [3.8, 4) is 0 Å². The zero-order valence-electron chi connectivity index (χ0n) is 7.12. The SMILES string of the molecule is CC1(C[O])N=c2ccc(Cl)cc2=N1. The number of fused-ring (bicyclic) bond motifs is 1. The van der Waals surface area contributed by atoms with Crippen molar-refractivity contribution >= 4 is 11.6 Å². The molecule has 3 nitrogen and oxygen atoms in total. The van der Waals surface area contributed by atoms with Crippen LogP contribution in [0.2, 0.25) is 5.02 Å². The summed E-state index contributed by atoms with van der Waals surface area (Å²) in [6.07, 6.45) is 0. The van der Waals surface area contributed by atoms with Gasteiger partial charge in [-0.2, -0.15) is 0 Å². The van der Waals surface area contributed by atoms with Gasteiger partial charge in [-0.25, -0.2) is 5.11 Å². The van der Waals surface area contributed by atoms with Crippen LogP contribution in [0.4, 0.5) is 0 Å². The van der Waals surface area contributed by atoms with Gasteiger partial charge in [0.15, 0.2) is 5.66 Å². The third-order valence-electron chi connectivity index (χ3n) is 1.93. The van der Waals surface area contributed by atoms with E-state index in [0.29, 0.717) is 10.4 Å². The Labute approximate surface area is 80.4 Å². The Morgan fingerprint density at radius 2 is 2.08 bits per heavy atom. The molecule has 0 spiro atoms. The molecule has 0 aliphatic carbocycles. The van der Waals surface area contributed by atoms with Crippen molar-refractivity contribution in [1.82, 2.24) is 0 Å². The first-order valence-corrected chi connectivity index (χ1v) is 4.34. The quantitative estimate of drug-likeness (QED) is 0.635. The molecule has 0 aromatic heterocycles. The average molecular weight is 196 g/mol. The number of halogens is 1. The molecule has 1 unspecified atom stereocenters. The zero-order chi connectivity index (χ0) is 9.47. The van der Waals surface area contributed by atoms with Crippen LogP contribution in [0.25, 0.3) is 0 Å². The summed E-state index contributed by atoms with van der Waals surface area (Å²) >= 11 is 5.78. The molecule has 1 radical (unpaired) electrons. The van der Waals surface area contributed by atoms with Crippen molar-refractivity contribution in [2.75, 3.05) is 6.61 Å². The smallest absolute Gasteiger partial charge is 0.175 e. The predicted octanol–water partition coefficient (Wildman–Crippen LogP) is 0.740. The molecular formula is C9H8ClN2O. The van der Waals surface area contributed by atoms with Gasteiger partial charge in [0.05, 0.1) is 10.7 Å². The Balaban J connectivity index is 2.67. The summed E-state index contributed by atoms with van der Waals surface area (Å²) < 4.78 is 0. The summed E-state index contributed by atoms with van der Waals surface area (Å²) in [6, 6.07) is 5.25. The molecule has 1 aromatic rings. The second-order valence-corrected chi connectivity index (χ2v) is 3.65. The van der Waals surface area contributed by atoms with Gasteiger partial charge < -0.3 is 0 Å². The Hall–Kier alpha value is -0.930. The van der Waals surface area contributed by atoms with Crippen LogP contribution >= 0.6 is 11.6 Å². The fourth-order valence-electron chi connectivity index (χ4n) is 1.29. The van der Waals surface area contributed by atoms with E-state index >= 15 is 0 Å². The lowest BCUT2D eigenvalue weighted by atomic mass is 10.2. The van der Waals surface area contributed by atoms with Gasteiger partial charge in [0.1, 0.15) is 6.61 Å². The molecule has 0 saturated carbocycles. The highest BCUT2D eigenvalue weighted by atomic mass is 35.5. The van der Waals surface area contributed by atoms with Gasteiger partial charge >= 0.3 is 0 Å². The zero-order valence-corrected chi connectivity index (χ0v) is 7.88. The van der Waals surface area contributed by atoms with E-state index in [-0.39, 0.29) is 6.61 Å². The number of nitrogens with zero attached hydrogens (tertiary/aromatic N) is 2. The minimum Gasteiger partial charge on any atom is -0.251 e. The van der Waals surface area contributed by atoms with Gasteiger partial charge in [-0.1, -0.05) is 11.6 Å². The van der Waals surface area contributed by atoms with Gasteiger partial charge in [-0.05, 0) is 25.1 Å². The van der Waals surface area contributed by atoms with Crippen LogP contribution in [0, 0.1) is 0 Å². The van der Waals surface area contributed by atoms with E-state index in [4.69, 9.17) is 11.6 Å². The lowest BCUT2D eigenvalue weighted by Gasteiger charge is -2.10. The fourth-order valence-corrected chi connectivity index (χ4v) is 1.46. The van der Waals surface area contributed by atoms with Gasteiger partial charge in [0.2, 0.25) is 0 Å². The summed E-state index contributed by atoms with van der Waals surface area (Å²) in [7, 11) is 0. The maximum Gasteiger partial charge on any atom is 0.175 e. The summed E-state index contributed by atoms with van der Waals surface area (Å²) in [5, 5.41) is 12.9. The standard InChI is InChI=1S/C9H8ClN2O/c1-9(5-13)11-7-3-2-6(10)4-8(7)12-9/h2-4H,5H2,1H3. The Morgan fingerprint density at radius 1 is 1.38 bits per heavy atom. The third kappa shape index (κ3) is 1.45. The molecule has 1 heterocycles. The van der Waals surface area contributed by atoms with Crippen LogP contribution in [-0.4, -0.2) is 12.3 Å². The largest absolute Gasteiger partial charge is 0.251 e. The molecule has 1 atom stereocenters. The highest BCUT2D eigenvalue weighted by Crippen LogP contribution is 2.12. The Bertz CT molecular complexity index is 457. The summed E-state index contributed by atoms with van der Waals surface area (Å²) in [5.74, 6) is 0. The van der Waals surface area contributed by atoms with E-state index in [1.54, 1.807) is 25.1 Å². The molecule has 1 aliphatic rings. The monoisotopic (exact) mass is 195 g/mol. The van der Waals surface area contributed by atoms with Crippen LogP contribution in [0.1, 0.15) is 6.92 Å². The topological polar surface area (TPSA) is 44.6 Å². The van der Waals surface area contributed by atoms with Gasteiger partial charge in [-0.15, -0.1) is 0 Å².